The van der Waals surface area contributed by atoms with Crippen molar-refractivity contribution in [2.45, 2.75) is 18.9 Å². The largest absolute Gasteiger partial charge is 0.480 e. The average molecular weight is 195 g/mol. The lowest BCUT2D eigenvalue weighted by Crippen LogP contribution is -2.29. The van der Waals surface area contributed by atoms with Gasteiger partial charge in [-0.15, -0.1) is 0 Å². The van der Waals surface area contributed by atoms with Crippen molar-refractivity contribution in [2.75, 3.05) is 13.1 Å². The Morgan fingerprint density at radius 2 is 2.57 bits per heavy atom. The molecular weight excluding hydrogens is 182 g/mol. The number of rotatable bonds is 3. The predicted octanol–water partition coefficient (Wildman–Crippen LogP) is 1.50. The van der Waals surface area contributed by atoms with Crippen LogP contribution in [0.3, 0.4) is 0 Å². The summed E-state index contributed by atoms with van der Waals surface area (Å²) in [7, 11) is 0. The molecule has 1 N–H and O–H groups in total. The van der Waals surface area contributed by atoms with Crippen LogP contribution in [0.1, 0.15) is 24.6 Å². The van der Waals surface area contributed by atoms with E-state index in [1.807, 2.05) is 17.0 Å². The van der Waals surface area contributed by atoms with E-state index in [1.165, 1.54) is 0 Å². The topological polar surface area (TPSA) is 53.7 Å². The highest BCUT2D eigenvalue weighted by atomic mass is 16.4. The maximum absolute atomic E-state index is 10.6. The Morgan fingerprint density at radius 3 is 3.21 bits per heavy atom. The van der Waals surface area contributed by atoms with Crippen molar-refractivity contribution in [1.29, 1.82) is 0 Å². The normalized spacial score (nSPS) is 22.7. The van der Waals surface area contributed by atoms with E-state index in [9.17, 15) is 4.79 Å². The van der Waals surface area contributed by atoms with Crippen molar-refractivity contribution in [3.8, 4) is 0 Å². The molecular formula is C10H13NO3. The third kappa shape index (κ3) is 1.80. The summed E-state index contributed by atoms with van der Waals surface area (Å²) < 4.78 is 5.29. The number of aliphatic carboxylic acids is 1. The zero-order valence-electron chi connectivity index (χ0n) is 7.85. The van der Waals surface area contributed by atoms with Crippen LogP contribution in [0.25, 0.3) is 0 Å². The minimum atomic E-state index is -0.775. The summed E-state index contributed by atoms with van der Waals surface area (Å²) in [4.78, 5) is 12.5. The number of likely N-dealkylation sites (tertiary alicyclic amines) is 1. The van der Waals surface area contributed by atoms with Gasteiger partial charge in [-0.25, -0.2) is 0 Å². The Balaban J connectivity index is 2.07. The molecule has 0 aromatic carbocycles. The van der Waals surface area contributed by atoms with E-state index in [0.29, 0.717) is 0 Å². The molecule has 0 radical (unpaired) electrons. The smallest absolute Gasteiger partial charge is 0.317 e. The molecule has 0 amide bonds. The van der Waals surface area contributed by atoms with Crippen LogP contribution in [0, 0.1) is 0 Å². The maximum Gasteiger partial charge on any atom is 0.317 e. The van der Waals surface area contributed by atoms with Gasteiger partial charge in [-0.2, -0.15) is 0 Å². The second-order valence-corrected chi connectivity index (χ2v) is 3.54. The Morgan fingerprint density at radius 1 is 1.71 bits per heavy atom. The summed E-state index contributed by atoms with van der Waals surface area (Å²) >= 11 is 0. The molecule has 1 atom stereocenters. The van der Waals surface area contributed by atoms with Crippen LogP contribution in [0.2, 0.25) is 0 Å². The van der Waals surface area contributed by atoms with Gasteiger partial charge in [0.2, 0.25) is 0 Å². The molecule has 0 spiro atoms. The summed E-state index contributed by atoms with van der Waals surface area (Å²) in [5.74, 6) is 0.104. The van der Waals surface area contributed by atoms with Crippen LogP contribution < -0.4 is 0 Å². The quantitative estimate of drug-likeness (QED) is 0.794. The lowest BCUT2D eigenvalue weighted by molar-refractivity contribution is -0.138. The molecule has 4 heteroatoms. The van der Waals surface area contributed by atoms with Gasteiger partial charge in [0.25, 0.3) is 0 Å². The molecule has 14 heavy (non-hydrogen) atoms. The molecule has 1 saturated heterocycles. The van der Waals surface area contributed by atoms with Crippen LogP contribution in [-0.4, -0.2) is 29.1 Å². The number of hydrogen-bond acceptors (Lipinski definition) is 3. The van der Waals surface area contributed by atoms with Gasteiger partial charge in [0, 0.05) is 0 Å². The molecule has 1 fully saturated rings. The molecule has 2 heterocycles. The van der Waals surface area contributed by atoms with Crippen LogP contribution >= 0.6 is 0 Å². The van der Waals surface area contributed by atoms with E-state index in [4.69, 9.17) is 9.52 Å². The van der Waals surface area contributed by atoms with Crippen LogP contribution in [0.15, 0.2) is 22.8 Å². The summed E-state index contributed by atoms with van der Waals surface area (Å²) in [5, 5.41) is 8.72. The molecule has 1 aromatic heterocycles. The average Bonchev–Trinajstić information content (AvgIpc) is 2.70. The van der Waals surface area contributed by atoms with Crippen molar-refractivity contribution < 1.29 is 14.3 Å². The number of carbonyl (C=O) groups is 1. The van der Waals surface area contributed by atoms with Gasteiger partial charge >= 0.3 is 5.97 Å². The van der Waals surface area contributed by atoms with E-state index < -0.39 is 5.97 Å². The maximum atomic E-state index is 10.6. The van der Waals surface area contributed by atoms with Gasteiger partial charge in [-0.05, 0) is 31.5 Å². The third-order valence-electron chi connectivity index (χ3n) is 2.57. The first kappa shape index (κ1) is 9.27. The van der Waals surface area contributed by atoms with E-state index in [0.717, 1.165) is 25.1 Å². The van der Waals surface area contributed by atoms with Crippen LogP contribution in [0.4, 0.5) is 0 Å². The van der Waals surface area contributed by atoms with Crippen LogP contribution in [-0.2, 0) is 4.79 Å². The van der Waals surface area contributed by atoms with E-state index in [-0.39, 0.29) is 12.6 Å². The molecule has 1 aliphatic heterocycles. The lowest BCUT2D eigenvalue weighted by Gasteiger charge is -2.20. The second kappa shape index (κ2) is 3.84. The number of furan rings is 1. The highest BCUT2D eigenvalue weighted by molar-refractivity contribution is 5.69. The molecule has 1 aliphatic rings. The monoisotopic (exact) mass is 195 g/mol. The van der Waals surface area contributed by atoms with Gasteiger partial charge in [0.05, 0.1) is 18.8 Å². The fourth-order valence-electron chi connectivity index (χ4n) is 1.99. The summed E-state index contributed by atoms with van der Waals surface area (Å²) in [6.45, 7) is 0.947. The Hall–Kier alpha value is -1.29. The fourth-order valence-corrected chi connectivity index (χ4v) is 1.99. The number of nitrogens with zero attached hydrogens (tertiary/aromatic N) is 1. The second-order valence-electron chi connectivity index (χ2n) is 3.54. The van der Waals surface area contributed by atoms with Crippen molar-refractivity contribution >= 4 is 5.97 Å². The van der Waals surface area contributed by atoms with Crippen molar-refractivity contribution in [1.82, 2.24) is 4.90 Å². The minimum Gasteiger partial charge on any atom is -0.480 e. The predicted molar refractivity (Wildman–Crippen MR) is 49.9 cm³/mol. The number of carboxylic acid groups (broad SMARTS) is 1. The van der Waals surface area contributed by atoms with Crippen molar-refractivity contribution in [2.24, 2.45) is 0 Å². The van der Waals surface area contributed by atoms with E-state index >= 15 is 0 Å². The molecule has 4 nitrogen and oxygen atoms in total. The first-order chi connectivity index (χ1) is 6.77. The number of hydrogen-bond donors (Lipinski definition) is 1. The Labute approximate surface area is 82.1 Å². The van der Waals surface area contributed by atoms with Gasteiger partial charge in [0.15, 0.2) is 0 Å². The molecule has 76 valence electrons. The van der Waals surface area contributed by atoms with E-state index in [1.54, 1.807) is 6.26 Å². The van der Waals surface area contributed by atoms with Crippen molar-refractivity contribution in [3.05, 3.63) is 24.2 Å². The van der Waals surface area contributed by atoms with Crippen LogP contribution in [0.5, 0.6) is 0 Å². The first-order valence-corrected chi connectivity index (χ1v) is 4.76. The van der Waals surface area contributed by atoms with Gasteiger partial charge < -0.3 is 9.52 Å². The molecule has 2 rings (SSSR count). The zero-order valence-corrected chi connectivity index (χ0v) is 7.85. The highest BCUT2D eigenvalue weighted by Gasteiger charge is 2.29. The van der Waals surface area contributed by atoms with Gasteiger partial charge in [0.1, 0.15) is 5.76 Å². The van der Waals surface area contributed by atoms with Gasteiger partial charge in [-0.1, -0.05) is 0 Å². The zero-order chi connectivity index (χ0) is 9.97. The fraction of sp³-hybridized carbons (Fsp3) is 0.500. The molecule has 0 bridgehead atoms. The Kier molecular flexibility index (Phi) is 2.54. The Bertz CT molecular complexity index is 307. The SMILES string of the molecule is O=C(O)CN1CCC[C@H]1c1ccco1. The highest BCUT2D eigenvalue weighted by Crippen LogP contribution is 2.31. The lowest BCUT2D eigenvalue weighted by atomic mass is 10.2. The molecule has 0 saturated carbocycles. The summed E-state index contributed by atoms with van der Waals surface area (Å²) in [6.07, 6.45) is 3.66. The molecule has 0 aliphatic carbocycles. The van der Waals surface area contributed by atoms with Crippen molar-refractivity contribution in [3.63, 3.8) is 0 Å². The first-order valence-electron chi connectivity index (χ1n) is 4.76. The number of carboxylic acids is 1. The standard InChI is InChI=1S/C10H13NO3/c12-10(13)7-11-5-1-3-8(11)9-4-2-6-14-9/h2,4,6,8H,1,3,5,7H2,(H,12,13)/t8-/m0/s1. The molecule has 0 unspecified atom stereocenters. The van der Waals surface area contributed by atoms with E-state index in [2.05, 4.69) is 0 Å². The molecule has 1 aromatic rings. The van der Waals surface area contributed by atoms with Gasteiger partial charge in [-0.3, -0.25) is 9.69 Å². The summed E-state index contributed by atoms with van der Waals surface area (Å²) in [5.41, 5.74) is 0. The minimum absolute atomic E-state index is 0.103. The third-order valence-corrected chi connectivity index (χ3v) is 2.57. The summed E-state index contributed by atoms with van der Waals surface area (Å²) in [6, 6.07) is 3.90.